The van der Waals surface area contributed by atoms with Crippen LogP contribution in [0, 0.1) is 5.82 Å². The van der Waals surface area contributed by atoms with Crippen molar-refractivity contribution in [3.8, 4) is 11.4 Å². The zero-order valence-electron chi connectivity index (χ0n) is 14.5. The number of nitrogens with one attached hydrogen (secondary N) is 1. The Morgan fingerprint density at radius 2 is 1.85 bits per heavy atom. The van der Waals surface area contributed by atoms with Crippen molar-refractivity contribution in [3.63, 3.8) is 0 Å². The lowest BCUT2D eigenvalue weighted by Gasteiger charge is -2.04. The van der Waals surface area contributed by atoms with Gasteiger partial charge in [-0.15, -0.1) is 5.10 Å². The number of halogens is 1. The van der Waals surface area contributed by atoms with Gasteiger partial charge in [-0.3, -0.25) is 14.3 Å². The Morgan fingerprint density at radius 1 is 1.15 bits per heavy atom. The molecule has 0 saturated heterocycles. The fourth-order valence-corrected chi connectivity index (χ4v) is 2.90. The molecule has 7 nitrogen and oxygen atoms in total. The van der Waals surface area contributed by atoms with Crippen molar-refractivity contribution in [2.24, 2.45) is 0 Å². The van der Waals surface area contributed by atoms with E-state index in [1.807, 2.05) is 0 Å². The zero-order chi connectivity index (χ0) is 18.8. The van der Waals surface area contributed by atoms with Crippen molar-refractivity contribution >= 4 is 5.91 Å². The van der Waals surface area contributed by atoms with Gasteiger partial charge in [-0.2, -0.15) is 0 Å². The van der Waals surface area contributed by atoms with Crippen LogP contribution in [0.5, 0.6) is 0 Å². The molecule has 138 valence electrons. The lowest BCUT2D eigenvalue weighted by Crippen LogP contribution is -2.32. The summed E-state index contributed by atoms with van der Waals surface area (Å²) < 4.78 is 16.2. The van der Waals surface area contributed by atoms with Crippen LogP contribution < -0.4 is 11.0 Å². The Hall–Kier alpha value is -3.29. The molecular weight excluding hydrogens is 349 g/mol. The van der Waals surface area contributed by atoms with Gasteiger partial charge in [0.15, 0.2) is 5.82 Å². The number of hydrogen-bond donors (Lipinski definition) is 1. The molecule has 2 aromatic heterocycles. The second-order valence-electron chi connectivity index (χ2n) is 6.43. The molecule has 0 unspecified atom stereocenters. The fourth-order valence-electron chi connectivity index (χ4n) is 2.90. The number of carbonyl (C=O) groups excluding carboxylic acids is 1. The average Bonchev–Trinajstić information content (AvgIpc) is 3.47. The molecule has 1 fully saturated rings. The molecule has 1 aliphatic rings. The molecule has 0 aliphatic heterocycles. The van der Waals surface area contributed by atoms with E-state index in [9.17, 15) is 14.0 Å². The lowest BCUT2D eigenvalue weighted by molar-refractivity contribution is 0.0951. The van der Waals surface area contributed by atoms with Crippen molar-refractivity contribution in [2.75, 3.05) is 6.54 Å². The summed E-state index contributed by atoms with van der Waals surface area (Å²) in [6.45, 7) is 0.523. The van der Waals surface area contributed by atoms with Gasteiger partial charge in [-0.25, -0.2) is 13.9 Å². The van der Waals surface area contributed by atoms with Crippen LogP contribution in [0.25, 0.3) is 11.4 Å². The molecule has 8 heteroatoms. The highest BCUT2D eigenvalue weighted by Gasteiger charge is 2.30. The number of nitrogens with zero attached hydrogens (tertiary/aromatic N) is 4. The standard InChI is InChI=1S/C19H18FN5O2/c20-15-3-1-13(2-4-15)17-23-24(19(27)25(17)16-5-6-16)12-11-22-18(26)14-7-9-21-10-8-14/h1-4,7-10,16H,5-6,11-12H2,(H,22,26). The number of aromatic nitrogens is 4. The topological polar surface area (TPSA) is 81.8 Å². The first-order valence-electron chi connectivity index (χ1n) is 8.77. The predicted molar refractivity (Wildman–Crippen MR) is 96.7 cm³/mol. The summed E-state index contributed by atoms with van der Waals surface area (Å²) in [4.78, 5) is 28.7. The van der Waals surface area contributed by atoms with E-state index in [1.165, 1.54) is 16.8 Å². The molecule has 4 rings (SSSR count). The minimum Gasteiger partial charge on any atom is -0.350 e. The summed E-state index contributed by atoms with van der Waals surface area (Å²) in [7, 11) is 0. The Balaban J connectivity index is 1.52. The molecule has 2 heterocycles. The van der Waals surface area contributed by atoms with Crippen molar-refractivity contribution in [1.82, 2.24) is 24.6 Å². The summed E-state index contributed by atoms with van der Waals surface area (Å²) in [6.07, 6.45) is 4.95. The Labute approximate surface area is 154 Å². The predicted octanol–water partition coefficient (Wildman–Crippen LogP) is 2.01. The fraction of sp³-hybridized carbons (Fsp3) is 0.263. The molecule has 3 aromatic rings. The van der Waals surface area contributed by atoms with E-state index in [4.69, 9.17) is 0 Å². The molecule has 0 radical (unpaired) electrons. The minimum absolute atomic E-state index is 0.137. The molecule has 1 N–H and O–H groups in total. The Bertz CT molecular complexity index is 1010. The van der Waals surface area contributed by atoms with Gasteiger partial charge in [-0.05, 0) is 49.2 Å². The lowest BCUT2D eigenvalue weighted by atomic mass is 10.2. The van der Waals surface area contributed by atoms with E-state index < -0.39 is 0 Å². The van der Waals surface area contributed by atoms with Gasteiger partial charge < -0.3 is 5.32 Å². The minimum atomic E-state index is -0.336. The van der Waals surface area contributed by atoms with Gasteiger partial charge in [0.05, 0.1) is 6.54 Å². The highest BCUT2D eigenvalue weighted by molar-refractivity contribution is 5.93. The third-order valence-corrected chi connectivity index (χ3v) is 4.44. The third-order valence-electron chi connectivity index (χ3n) is 4.44. The van der Waals surface area contributed by atoms with Gasteiger partial charge in [0, 0.05) is 36.1 Å². The molecular formula is C19H18FN5O2. The monoisotopic (exact) mass is 367 g/mol. The van der Waals surface area contributed by atoms with E-state index in [-0.39, 0.29) is 36.5 Å². The Kier molecular flexibility index (Phi) is 4.53. The first kappa shape index (κ1) is 17.1. The highest BCUT2D eigenvalue weighted by atomic mass is 19.1. The second kappa shape index (κ2) is 7.14. The van der Waals surface area contributed by atoms with E-state index >= 15 is 0 Å². The third kappa shape index (κ3) is 3.64. The van der Waals surface area contributed by atoms with Gasteiger partial charge in [0.1, 0.15) is 5.82 Å². The maximum absolute atomic E-state index is 13.2. The number of carbonyl (C=O) groups is 1. The maximum atomic E-state index is 13.2. The first-order chi connectivity index (χ1) is 13.1. The van der Waals surface area contributed by atoms with Crippen LogP contribution in [0.1, 0.15) is 29.2 Å². The van der Waals surface area contributed by atoms with Crippen LogP contribution in [-0.4, -0.2) is 31.8 Å². The first-order valence-corrected chi connectivity index (χ1v) is 8.77. The molecule has 0 bridgehead atoms. The van der Waals surface area contributed by atoms with E-state index in [2.05, 4.69) is 15.4 Å². The number of benzene rings is 1. The van der Waals surface area contributed by atoms with Crippen LogP contribution in [0.2, 0.25) is 0 Å². The van der Waals surface area contributed by atoms with E-state index in [1.54, 1.807) is 41.2 Å². The van der Waals surface area contributed by atoms with E-state index in [0.717, 1.165) is 12.8 Å². The van der Waals surface area contributed by atoms with E-state index in [0.29, 0.717) is 17.0 Å². The molecule has 1 amide bonds. The summed E-state index contributed by atoms with van der Waals surface area (Å²) >= 11 is 0. The molecule has 1 saturated carbocycles. The number of amides is 1. The Morgan fingerprint density at radius 3 is 2.52 bits per heavy atom. The van der Waals surface area contributed by atoms with Gasteiger partial charge in [-0.1, -0.05) is 0 Å². The maximum Gasteiger partial charge on any atom is 0.346 e. The van der Waals surface area contributed by atoms with Gasteiger partial charge >= 0.3 is 5.69 Å². The van der Waals surface area contributed by atoms with Crippen molar-refractivity contribution in [1.29, 1.82) is 0 Å². The average molecular weight is 367 g/mol. The second-order valence-corrected chi connectivity index (χ2v) is 6.43. The van der Waals surface area contributed by atoms with Crippen LogP contribution in [0.4, 0.5) is 4.39 Å². The number of rotatable bonds is 6. The molecule has 1 aliphatic carbocycles. The van der Waals surface area contributed by atoms with Crippen molar-refractivity contribution < 1.29 is 9.18 Å². The smallest absolute Gasteiger partial charge is 0.346 e. The number of pyridine rings is 1. The van der Waals surface area contributed by atoms with Crippen LogP contribution in [0.15, 0.2) is 53.6 Å². The van der Waals surface area contributed by atoms with Crippen molar-refractivity contribution in [3.05, 3.63) is 70.7 Å². The molecule has 0 spiro atoms. The van der Waals surface area contributed by atoms with Crippen LogP contribution in [-0.2, 0) is 6.54 Å². The van der Waals surface area contributed by atoms with Crippen molar-refractivity contribution in [2.45, 2.75) is 25.4 Å². The number of hydrogen-bond acceptors (Lipinski definition) is 4. The molecule has 0 atom stereocenters. The quantitative estimate of drug-likeness (QED) is 0.723. The summed E-state index contributed by atoms with van der Waals surface area (Å²) in [5, 5.41) is 7.19. The van der Waals surface area contributed by atoms with Gasteiger partial charge in [0.25, 0.3) is 5.91 Å². The SMILES string of the molecule is O=C(NCCn1nc(-c2ccc(F)cc2)n(C2CC2)c1=O)c1ccncc1. The van der Waals surface area contributed by atoms with Crippen LogP contribution >= 0.6 is 0 Å². The molecule has 1 aromatic carbocycles. The molecule has 27 heavy (non-hydrogen) atoms. The summed E-state index contributed by atoms with van der Waals surface area (Å²) in [6, 6.07) is 9.32. The van der Waals surface area contributed by atoms with Gasteiger partial charge in [0.2, 0.25) is 0 Å². The summed E-state index contributed by atoms with van der Waals surface area (Å²) in [5.41, 5.74) is 0.989. The summed E-state index contributed by atoms with van der Waals surface area (Å²) in [5.74, 6) is -0.0360. The highest BCUT2D eigenvalue weighted by Crippen LogP contribution is 2.36. The normalized spacial score (nSPS) is 13.5. The van der Waals surface area contributed by atoms with Crippen LogP contribution in [0.3, 0.4) is 0 Å². The largest absolute Gasteiger partial charge is 0.350 e. The zero-order valence-corrected chi connectivity index (χ0v) is 14.5.